The Labute approximate surface area is 117 Å². The molecule has 4 nitrogen and oxygen atoms in total. The van der Waals surface area contributed by atoms with Gasteiger partial charge in [0.05, 0.1) is 6.61 Å². The third-order valence-electron chi connectivity index (χ3n) is 4.16. The molecule has 1 rings (SSSR count). The molecule has 19 heavy (non-hydrogen) atoms. The number of carbonyl (C=O) groups excluding carboxylic acids is 1. The van der Waals surface area contributed by atoms with Gasteiger partial charge in [-0.2, -0.15) is 0 Å². The number of nitrogens with zero attached hydrogens (tertiary/aromatic N) is 1. The van der Waals surface area contributed by atoms with Gasteiger partial charge in [-0.05, 0) is 38.6 Å². The zero-order valence-corrected chi connectivity index (χ0v) is 12.5. The van der Waals surface area contributed by atoms with Crippen LogP contribution < -0.4 is 5.32 Å². The number of rotatable bonds is 8. The van der Waals surface area contributed by atoms with Crippen molar-refractivity contribution in [3.05, 3.63) is 0 Å². The largest absolute Gasteiger partial charge is 0.395 e. The van der Waals surface area contributed by atoms with Crippen molar-refractivity contribution >= 4 is 5.91 Å². The molecule has 0 spiro atoms. The molecule has 4 heteroatoms. The first-order valence-electron chi connectivity index (χ1n) is 7.86. The number of aliphatic hydroxyl groups is 1. The monoisotopic (exact) mass is 270 g/mol. The van der Waals surface area contributed by atoms with Crippen LogP contribution in [-0.2, 0) is 4.79 Å². The van der Waals surface area contributed by atoms with Gasteiger partial charge in [0.2, 0.25) is 5.91 Å². The lowest BCUT2D eigenvalue weighted by molar-refractivity contribution is -0.134. The van der Waals surface area contributed by atoms with Gasteiger partial charge in [0, 0.05) is 25.0 Å². The summed E-state index contributed by atoms with van der Waals surface area (Å²) in [6.45, 7) is 5.84. The summed E-state index contributed by atoms with van der Waals surface area (Å²) in [7, 11) is 0. The number of aliphatic hydroxyl groups excluding tert-OH is 1. The molecule has 1 atom stereocenters. The summed E-state index contributed by atoms with van der Waals surface area (Å²) in [6, 6.07) is 0.786. The summed E-state index contributed by atoms with van der Waals surface area (Å²) >= 11 is 0. The molecule has 1 aliphatic heterocycles. The van der Waals surface area contributed by atoms with Crippen LogP contribution in [-0.4, -0.2) is 47.7 Å². The van der Waals surface area contributed by atoms with Crippen LogP contribution in [0.3, 0.4) is 0 Å². The lowest BCUT2D eigenvalue weighted by Crippen LogP contribution is -2.42. The molecule has 0 saturated carbocycles. The molecule has 0 aliphatic carbocycles. The maximum absolute atomic E-state index is 12.3. The van der Waals surface area contributed by atoms with Crippen molar-refractivity contribution in [2.24, 2.45) is 0 Å². The van der Waals surface area contributed by atoms with Crippen LogP contribution in [0.2, 0.25) is 0 Å². The lowest BCUT2D eigenvalue weighted by Gasteiger charge is -2.31. The van der Waals surface area contributed by atoms with E-state index < -0.39 is 0 Å². The van der Waals surface area contributed by atoms with Crippen molar-refractivity contribution in [2.75, 3.05) is 19.7 Å². The Balaban J connectivity index is 2.41. The number of nitrogens with one attached hydrogen (secondary N) is 1. The maximum atomic E-state index is 12.3. The molecule has 1 saturated heterocycles. The second-order valence-corrected chi connectivity index (χ2v) is 5.47. The molecular weight excluding hydrogens is 240 g/mol. The SMILES string of the molecule is CCC(CC)N(CCO)C(=O)CCC1CCCCN1. The Hall–Kier alpha value is -0.610. The highest BCUT2D eigenvalue weighted by molar-refractivity contribution is 5.76. The van der Waals surface area contributed by atoms with E-state index in [2.05, 4.69) is 19.2 Å². The normalized spacial score (nSPS) is 19.7. The zero-order chi connectivity index (χ0) is 14.1. The Morgan fingerprint density at radius 3 is 2.63 bits per heavy atom. The summed E-state index contributed by atoms with van der Waals surface area (Å²) in [5.41, 5.74) is 0. The molecule has 112 valence electrons. The van der Waals surface area contributed by atoms with E-state index >= 15 is 0 Å². The van der Waals surface area contributed by atoms with Gasteiger partial charge in [0.25, 0.3) is 0 Å². The van der Waals surface area contributed by atoms with Crippen LogP contribution in [0.5, 0.6) is 0 Å². The molecule has 0 aromatic heterocycles. The molecule has 0 aromatic carbocycles. The second-order valence-electron chi connectivity index (χ2n) is 5.47. The predicted molar refractivity (Wildman–Crippen MR) is 78.0 cm³/mol. The average Bonchev–Trinajstić information content (AvgIpc) is 2.46. The summed E-state index contributed by atoms with van der Waals surface area (Å²) in [5.74, 6) is 0.204. The van der Waals surface area contributed by atoms with Gasteiger partial charge < -0.3 is 15.3 Å². The summed E-state index contributed by atoms with van der Waals surface area (Å²) < 4.78 is 0. The first kappa shape index (κ1) is 16.4. The number of hydrogen-bond acceptors (Lipinski definition) is 3. The third-order valence-corrected chi connectivity index (χ3v) is 4.16. The summed E-state index contributed by atoms with van der Waals surface area (Å²) in [5, 5.41) is 12.6. The highest BCUT2D eigenvalue weighted by Gasteiger charge is 2.22. The van der Waals surface area contributed by atoms with Gasteiger partial charge in [0.15, 0.2) is 0 Å². The average molecular weight is 270 g/mol. The molecule has 1 unspecified atom stereocenters. The summed E-state index contributed by atoms with van der Waals surface area (Å²) in [4.78, 5) is 14.2. The van der Waals surface area contributed by atoms with Crippen molar-refractivity contribution in [3.63, 3.8) is 0 Å². The third kappa shape index (κ3) is 5.49. The predicted octanol–water partition coefficient (Wildman–Crippen LogP) is 1.92. The van der Waals surface area contributed by atoms with Gasteiger partial charge in [0.1, 0.15) is 0 Å². The zero-order valence-electron chi connectivity index (χ0n) is 12.5. The van der Waals surface area contributed by atoms with Crippen molar-refractivity contribution in [1.82, 2.24) is 10.2 Å². The van der Waals surface area contributed by atoms with Gasteiger partial charge >= 0.3 is 0 Å². The highest BCUT2D eigenvalue weighted by Crippen LogP contribution is 2.15. The van der Waals surface area contributed by atoms with Crippen LogP contribution in [0.1, 0.15) is 58.8 Å². The van der Waals surface area contributed by atoms with E-state index in [4.69, 9.17) is 5.11 Å². The van der Waals surface area contributed by atoms with Gasteiger partial charge in [-0.3, -0.25) is 4.79 Å². The van der Waals surface area contributed by atoms with E-state index in [1.165, 1.54) is 19.3 Å². The Kier molecular flexibility index (Phi) is 8.07. The van der Waals surface area contributed by atoms with E-state index in [9.17, 15) is 4.79 Å². The molecule has 1 aliphatic rings. The maximum Gasteiger partial charge on any atom is 0.222 e. The quantitative estimate of drug-likeness (QED) is 0.708. The molecule has 0 radical (unpaired) electrons. The van der Waals surface area contributed by atoms with Crippen molar-refractivity contribution in [1.29, 1.82) is 0 Å². The smallest absolute Gasteiger partial charge is 0.222 e. The van der Waals surface area contributed by atoms with Crippen molar-refractivity contribution in [2.45, 2.75) is 70.9 Å². The first-order valence-corrected chi connectivity index (χ1v) is 7.86. The fraction of sp³-hybridized carbons (Fsp3) is 0.933. The topological polar surface area (TPSA) is 52.6 Å². The van der Waals surface area contributed by atoms with Crippen LogP contribution in [0.25, 0.3) is 0 Å². The molecule has 0 bridgehead atoms. The number of hydrogen-bond donors (Lipinski definition) is 2. The highest BCUT2D eigenvalue weighted by atomic mass is 16.3. The lowest BCUT2D eigenvalue weighted by atomic mass is 10.00. The molecular formula is C15H30N2O2. The van der Waals surface area contributed by atoms with E-state index in [0.29, 0.717) is 19.0 Å². The number of carbonyl (C=O) groups is 1. The van der Waals surface area contributed by atoms with Crippen LogP contribution in [0.15, 0.2) is 0 Å². The molecule has 2 N–H and O–H groups in total. The standard InChI is InChI=1S/C15H30N2O2/c1-3-14(4-2)17(11-12-18)15(19)9-8-13-7-5-6-10-16-13/h13-14,16,18H,3-12H2,1-2H3. The number of piperidine rings is 1. The minimum atomic E-state index is 0.0594. The van der Waals surface area contributed by atoms with Crippen LogP contribution >= 0.6 is 0 Å². The first-order chi connectivity index (χ1) is 9.22. The summed E-state index contributed by atoms with van der Waals surface area (Å²) in [6.07, 6.45) is 7.19. The molecule has 1 fully saturated rings. The fourth-order valence-electron chi connectivity index (χ4n) is 2.96. The minimum Gasteiger partial charge on any atom is -0.395 e. The van der Waals surface area contributed by atoms with Crippen molar-refractivity contribution in [3.8, 4) is 0 Å². The Morgan fingerprint density at radius 1 is 1.37 bits per heavy atom. The van der Waals surface area contributed by atoms with Crippen molar-refractivity contribution < 1.29 is 9.90 Å². The molecule has 1 heterocycles. The Morgan fingerprint density at radius 2 is 2.11 bits per heavy atom. The van der Waals surface area contributed by atoms with E-state index in [0.717, 1.165) is 25.8 Å². The fourth-order valence-corrected chi connectivity index (χ4v) is 2.96. The molecule has 0 aromatic rings. The van der Waals surface area contributed by atoms with E-state index in [1.807, 2.05) is 4.90 Å². The van der Waals surface area contributed by atoms with Crippen LogP contribution in [0.4, 0.5) is 0 Å². The van der Waals surface area contributed by atoms with Gasteiger partial charge in [-0.15, -0.1) is 0 Å². The second kappa shape index (κ2) is 9.32. The van der Waals surface area contributed by atoms with E-state index in [1.54, 1.807) is 0 Å². The molecule has 1 amide bonds. The van der Waals surface area contributed by atoms with E-state index in [-0.39, 0.29) is 18.6 Å². The van der Waals surface area contributed by atoms with Crippen LogP contribution in [0, 0.1) is 0 Å². The number of amides is 1. The minimum absolute atomic E-state index is 0.0594. The van der Waals surface area contributed by atoms with Gasteiger partial charge in [-0.1, -0.05) is 20.3 Å². The Bertz CT molecular complexity index is 249. The van der Waals surface area contributed by atoms with Gasteiger partial charge in [-0.25, -0.2) is 0 Å².